The molecule has 0 bridgehead atoms. The fourth-order valence-corrected chi connectivity index (χ4v) is 7.20. The molecule has 2 aromatic heterocycles. The largest absolute Gasteiger partial charge is 0.508 e. The number of anilines is 1. The Morgan fingerprint density at radius 2 is 2.08 bits per heavy atom. The van der Waals surface area contributed by atoms with Gasteiger partial charge in [-0.3, -0.25) is 9.88 Å². The Labute approximate surface area is 283 Å². The Balaban J connectivity index is 1.46. The molecule has 0 saturated carbocycles. The summed E-state index contributed by atoms with van der Waals surface area (Å²) < 4.78 is 52.4. The van der Waals surface area contributed by atoms with Crippen LogP contribution in [0.25, 0.3) is 32.9 Å². The second-order valence-electron chi connectivity index (χ2n) is 12.4. The molecule has 2 saturated heterocycles. The molecule has 0 spiro atoms. The summed E-state index contributed by atoms with van der Waals surface area (Å²) >= 11 is 0. The van der Waals surface area contributed by atoms with Gasteiger partial charge in [-0.25, -0.2) is 18.2 Å². The number of fused-ring (bicyclic) bond motifs is 3. The standard InChI is InChI=1S/C37H40F3N7O2/c1-6-25(34(41-5)42-8-3)21(4)17-44-35-28-18-43-32(27-15-24(48)14-22-10-11-29(39)26(7-2)30(22)27)31(40)33(28)45-36(46-35)49-20-37-12-9-13-47(37)19-23(38)16-37/h6,8,10-11,14-15,18,23,41,48H,1,4,7,9,12-13,16-17,19-20H2,2-3,5H3,(H,44,45,46)/b34-25+,42-8-/t23-,37+/m1/s1. The number of hydrogen-bond donors (Lipinski definition) is 3. The quantitative estimate of drug-likeness (QED) is 0.109. The van der Waals surface area contributed by atoms with Crippen LogP contribution in [0, 0.1) is 11.6 Å². The number of alkyl halides is 1. The van der Waals surface area contributed by atoms with E-state index in [9.17, 15) is 13.9 Å². The molecule has 2 aliphatic rings. The molecule has 0 unspecified atom stereocenters. The number of nitrogens with one attached hydrogen (secondary N) is 2. The highest BCUT2D eigenvalue weighted by atomic mass is 19.1. The van der Waals surface area contributed by atoms with Crippen LogP contribution in [-0.2, 0) is 6.42 Å². The summed E-state index contributed by atoms with van der Waals surface area (Å²) in [6, 6.07) is 5.67. The molecule has 2 aromatic carbocycles. The molecule has 6 rings (SSSR count). The summed E-state index contributed by atoms with van der Waals surface area (Å²) in [6.45, 7) is 13.2. The summed E-state index contributed by atoms with van der Waals surface area (Å²) in [5, 5.41) is 18.1. The third-order valence-corrected chi connectivity index (χ3v) is 9.46. The van der Waals surface area contributed by atoms with E-state index in [-0.39, 0.29) is 52.9 Å². The molecule has 4 aromatic rings. The highest BCUT2D eigenvalue weighted by molar-refractivity contribution is 6.01. The first-order valence-corrected chi connectivity index (χ1v) is 16.4. The topological polar surface area (TPSA) is 108 Å². The number of nitrogens with zero attached hydrogens (tertiary/aromatic N) is 5. The minimum atomic E-state index is -0.947. The van der Waals surface area contributed by atoms with Crippen molar-refractivity contribution in [3.8, 4) is 23.0 Å². The number of aromatic hydroxyl groups is 1. The van der Waals surface area contributed by atoms with Gasteiger partial charge in [0, 0.05) is 50.1 Å². The number of halogens is 3. The lowest BCUT2D eigenvalue weighted by atomic mass is 9.94. The maximum absolute atomic E-state index is 16.8. The highest BCUT2D eigenvalue weighted by Gasteiger charge is 2.49. The molecule has 2 aliphatic heterocycles. The van der Waals surface area contributed by atoms with E-state index in [1.54, 1.807) is 32.3 Å². The Bertz CT molecular complexity index is 2010. The number of phenolic OH excluding ortho intramolecular Hbond substituents is 1. The second-order valence-corrected chi connectivity index (χ2v) is 12.4. The number of aromatic nitrogens is 3. The zero-order valence-electron chi connectivity index (χ0n) is 27.9. The molecule has 2 fully saturated rings. The van der Waals surface area contributed by atoms with E-state index >= 15 is 4.39 Å². The van der Waals surface area contributed by atoms with E-state index in [1.807, 2.05) is 6.92 Å². The predicted octanol–water partition coefficient (Wildman–Crippen LogP) is 7.02. The third-order valence-electron chi connectivity index (χ3n) is 9.46. The van der Waals surface area contributed by atoms with Crippen molar-refractivity contribution in [3.63, 3.8) is 0 Å². The van der Waals surface area contributed by atoms with E-state index in [0.29, 0.717) is 52.7 Å². The number of ether oxygens (including phenoxy) is 1. The van der Waals surface area contributed by atoms with Crippen LogP contribution >= 0.6 is 0 Å². The van der Waals surface area contributed by atoms with Crippen molar-refractivity contribution in [2.24, 2.45) is 4.99 Å². The van der Waals surface area contributed by atoms with E-state index < -0.39 is 23.3 Å². The van der Waals surface area contributed by atoms with Gasteiger partial charge in [-0.1, -0.05) is 32.2 Å². The van der Waals surface area contributed by atoms with Crippen molar-refractivity contribution in [2.45, 2.75) is 51.2 Å². The number of aryl methyl sites for hydroxylation is 1. The Kier molecular flexibility index (Phi) is 9.60. The van der Waals surface area contributed by atoms with Crippen molar-refractivity contribution in [2.75, 3.05) is 38.6 Å². The molecular formula is C37H40F3N7O2. The monoisotopic (exact) mass is 671 g/mol. The third kappa shape index (κ3) is 6.32. The minimum absolute atomic E-state index is 0.0874. The number of rotatable bonds is 12. The number of benzene rings is 2. The van der Waals surface area contributed by atoms with Gasteiger partial charge in [0.05, 0.1) is 10.9 Å². The first kappa shape index (κ1) is 33.9. The van der Waals surface area contributed by atoms with Crippen molar-refractivity contribution in [3.05, 3.63) is 83.9 Å². The number of phenols is 1. The van der Waals surface area contributed by atoms with Crippen LogP contribution in [0.3, 0.4) is 0 Å². The normalized spacial score (nSPS) is 19.8. The van der Waals surface area contributed by atoms with Gasteiger partial charge >= 0.3 is 6.01 Å². The van der Waals surface area contributed by atoms with Crippen molar-refractivity contribution < 1.29 is 23.0 Å². The molecule has 12 heteroatoms. The van der Waals surface area contributed by atoms with Gasteiger partial charge in [-0.05, 0) is 72.8 Å². The molecule has 49 heavy (non-hydrogen) atoms. The second kappa shape index (κ2) is 13.9. The zero-order valence-corrected chi connectivity index (χ0v) is 27.9. The maximum Gasteiger partial charge on any atom is 0.319 e. The lowest BCUT2D eigenvalue weighted by molar-refractivity contribution is 0.107. The number of aliphatic imine (C=N–C) groups is 1. The van der Waals surface area contributed by atoms with Crippen LogP contribution in [0.2, 0.25) is 0 Å². The average molecular weight is 672 g/mol. The van der Waals surface area contributed by atoms with E-state index in [2.05, 4.69) is 48.6 Å². The fourth-order valence-electron chi connectivity index (χ4n) is 7.20. The van der Waals surface area contributed by atoms with Gasteiger partial charge in [0.1, 0.15) is 47.2 Å². The number of allylic oxidation sites excluding steroid dienone is 1. The first-order chi connectivity index (χ1) is 23.6. The SMILES string of the molecule is C=C/C(C(=C)CNc1nc(OC[C@@]23CCCN2C[C@H](F)C3)nc2c(F)c(-c3cc(O)cc4ccc(F)c(CC)c34)ncc12)=C(\N=C/C)NC. The molecule has 256 valence electrons. The summed E-state index contributed by atoms with van der Waals surface area (Å²) in [6.07, 6.45) is 6.18. The number of pyridine rings is 1. The Hall–Kier alpha value is -4.97. The summed E-state index contributed by atoms with van der Waals surface area (Å²) in [4.78, 5) is 20.1. The van der Waals surface area contributed by atoms with Gasteiger partial charge < -0.3 is 20.5 Å². The Morgan fingerprint density at radius 1 is 1.27 bits per heavy atom. The molecule has 9 nitrogen and oxygen atoms in total. The molecule has 0 radical (unpaired) electrons. The van der Waals surface area contributed by atoms with Crippen LogP contribution in [0.4, 0.5) is 19.0 Å². The Morgan fingerprint density at radius 3 is 2.82 bits per heavy atom. The van der Waals surface area contributed by atoms with Crippen LogP contribution in [0.15, 0.2) is 71.7 Å². The zero-order chi connectivity index (χ0) is 34.9. The first-order valence-electron chi connectivity index (χ1n) is 16.4. The maximum atomic E-state index is 16.8. The molecule has 3 N–H and O–H groups in total. The van der Waals surface area contributed by atoms with Gasteiger partial charge in [0.25, 0.3) is 0 Å². The lowest BCUT2D eigenvalue weighted by Gasteiger charge is -2.30. The van der Waals surface area contributed by atoms with Crippen LogP contribution in [0.1, 0.15) is 38.7 Å². The summed E-state index contributed by atoms with van der Waals surface area (Å²) in [7, 11) is 1.74. The van der Waals surface area contributed by atoms with E-state index in [4.69, 9.17) is 4.74 Å². The smallest absolute Gasteiger partial charge is 0.319 e. The average Bonchev–Trinajstić information content (AvgIpc) is 3.62. The molecule has 0 aliphatic carbocycles. The number of hydrogen-bond acceptors (Lipinski definition) is 9. The van der Waals surface area contributed by atoms with Gasteiger partial charge in [-0.15, -0.1) is 0 Å². The highest BCUT2D eigenvalue weighted by Crippen LogP contribution is 2.41. The molecule has 4 heterocycles. The van der Waals surface area contributed by atoms with Gasteiger partial charge in [0.15, 0.2) is 5.82 Å². The lowest BCUT2D eigenvalue weighted by Crippen LogP contribution is -2.43. The van der Waals surface area contributed by atoms with Crippen LogP contribution in [-0.4, -0.2) is 76.2 Å². The van der Waals surface area contributed by atoms with Crippen LogP contribution in [0.5, 0.6) is 11.8 Å². The van der Waals surface area contributed by atoms with Gasteiger partial charge in [-0.2, -0.15) is 9.97 Å². The van der Waals surface area contributed by atoms with Gasteiger partial charge in [0.2, 0.25) is 0 Å². The van der Waals surface area contributed by atoms with Crippen molar-refractivity contribution in [1.29, 1.82) is 0 Å². The molecule has 2 atom stereocenters. The summed E-state index contributed by atoms with van der Waals surface area (Å²) in [5.74, 6) is -0.537. The van der Waals surface area contributed by atoms with Crippen molar-refractivity contribution >= 4 is 33.7 Å². The molecular weight excluding hydrogens is 631 g/mol. The van der Waals surface area contributed by atoms with Crippen LogP contribution < -0.4 is 15.4 Å². The van der Waals surface area contributed by atoms with E-state index in [0.717, 1.165) is 19.4 Å². The minimum Gasteiger partial charge on any atom is -0.508 e. The fraction of sp³-hybridized carbons (Fsp3) is 0.351. The van der Waals surface area contributed by atoms with E-state index in [1.165, 1.54) is 24.4 Å². The van der Waals surface area contributed by atoms with Crippen molar-refractivity contribution in [1.82, 2.24) is 25.2 Å². The predicted molar refractivity (Wildman–Crippen MR) is 188 cm³/mol. The summed E-state index contributed by atoms with van der Waals surface area (Å²) in [5.41, 5.74) is 1.23. The molecule has 0 amide bonds.